The Morgan fingerprint density at radius 3 is 2.73 bits per heavy atom. The SMILES string of the molecule is O=C(CSc1nnc(-c2ccccn2)o1)Nc1nc(-c2ccc([N+](=O)[O-])cc2)cs1. The minimum Gasteiger partial charge on any atom is -0.410 e. The zero-order valence-corrected chi connectivity index (χ0v) is 16.7. The molecule has 1 aromatic carbocycles. The van der Waals surface area contributed by atoms with Gasteiger partial charge in [0.05, 0.1) is 16.4 Å². The molecule has 4 aromatic rings. The van der Waals surface area contributed by atoms with Gasteiger partial charge in [0, 0.05) is 29.3 Å². The number of non-ortho nitro benzene ring substituents is 1. The van der Waals surface area contributed by atoms with Crippen LogP contribution < -0.4 is 5.32 Å². The van der Waals surface area contributed by atoms with E-state index >= 15 is 0 Å². The molecule has 3 aromatic heterocycles. The lowest BCUT2D eigenvalue weighted by Gasteiger charge is -1.99. The molecule has 150 valence electrons. The van der Waals surface area contributed by atoms with E-state index in [0.29, 0.717) is 16.5 Å². The Morgan fingerprint density at radius 2 is 2.00 bits per heavy atom. The number of nitrogens with zero attached hydrogens (tertiary/aromatic N) is 5. The van der Waals surface area contributed by atoms with Crippen LogP contribution in [0.1, 0.15) is 0 Å². The van der Waals surface area contributed by atoms with Crippen LogP contribution in [-0.2, 0) is 4.79 Å². The number of hydrogen-bond acceptors (Lipinski definition) is 10. The minimum atomic E-state index is -0.461. The number of benzene rings is 1. The Kier molecular flexibility index (Phi) is 5.77. The molecule has 0 atom stereocenters. The summed E-state index contributed by atoms with van der Waals surface area (Å²) < 4.78 is 5.50. The van der Waals surface area contributed by atoms with E-state index in [1.165, 1.54) is 23.5 Å². The molecule has 0 spiro atoms. The summed E-state index contributed by atoms with van der Waals surface area (Å²) in [6, 6.07) is 11.4. The van der Waals surface area contributed by atoms with Gasteiger partial charge in [-0.3, -0.25) is 19.9 Å². The molecule has 0 saturated heterocycles. The van der Waals surface area contributed by atoms with E-state index in [-0.39, 0.29) is 28.5 Å². The average molecular weight is 440 g/mol. The summed E-state index contributed by atoms with van der Waals surface area (Å²) in [5.41, 5.74) is 1.91. The monoisotopic (exact) mass is 440 g/mol. The fourth-order valence-corrected chi connectivity index (χ4v) is 3.66. The quantitative estimate of drug-likeness (QED) is 0.258. The topological polar surface area (TPSA) is 137 Å². The van der Waals surface area contributed by atoms with Gasteiger partial charge in [-0.2, -0.15) is 0 Å². The molecule has 0 radical (unpaired) electrons. The maximum atomic E-state index is 12.2. The molecule has 0 fully saturated rings. The standard InChI is InChI=1S/C18H12N6O4S2/c25-15(10-30-18-23-22-16(28-18)13-3-1-2-8-19-13)21-17-20-14(9-29-17)11-4-6-12(7-5-11)24(26)27/h1-9H,10H2,(H,20,21,25). The first-order valence-corrected chi connectivity index (χ1v) is 10.3. The number of anilines is 1. The highest BCUT2D eigenvalue weighted by molar-refractivity contribution is 7.99. The predicted molar refractivity (Wildman–Crippen MR) is 111 cm³/mol. The number of thioether (sulfide) groups is 1. The molecule has 10 nitrogen and oxygen atoms in total. The van der Waals surface area contributed by atoms with Crippen molar-refractivity contribution in [2.75, 3.05) is 11.1 Å². The largest absolute Gasteiger partial charge is 0.410 e. The number of rotatable bonds is 7. The Bertz CT molecular complexity index is 1180. The van der Waals surface area contributed by atoms with Crippen molar-refractivity contribution in [2.45, 2.75) is 5.22 Å². The fourth-order valence-electron chi connectivity index (χ4n) is 2.36. The normalized spacial score (nSPS) is 10.7. The first-order chi connectivity index (χ1) is 14.6. The van der Waals surface area contributed by atoms with E-state index in [0.717, 1.165) is 17.3 Å². The molecule has 4 rings (SSSR count). The molecule has 12 heteroatoms. The smallest absolute Gasteiger partial charge is 0.277 e. The number of aromatic nitrogens is 4. The lowest BCUT2D eigenvalue weighted by atomic mass is 10.1. The van der Waals surface area contributed by atoms with Crippen molar-refractivity contribution < 1.29 is 14.1 Å². The maximum absolute atomic E-state index is 12.2. The molecule has 0 saturated carbocycles. The predicted octanol–water partition coefficient (Wildman–Crippen LogP) is 3.89. The van der Waals surface area contributed by atoms with Gasteiger partial charge < -0.3 is 9.73 Å². The van der Waals surface area contributed by atoms with E-state index in [1.54, 1.807) is 35.8 Å². The molecular formula is C18H12N6O4S2. The van der Waals surface area contributed by atoms with Crippen LogP contribution in [0.2, 0.25) is 0 Å². The third-order valence-corrected chi connectivity index (χ3v) is 5.32. The van der Waals surface area contributed by atoms with E-state index in [1.807, 2.05) is 6.07 Å². The van der Waals surface area contributed by atoms with Crippen molar-refractivity contribution in [2.24, 2.45) is 0 Å². The summed E-state index contributed by atoms with van der Waals surface area (Å²) in [7, 11) is 0. The van der Waals surface area contributed by atoms with E-state index in [4.69, 9.17) is 4.42 Å². The van der Waals surface area contributed by atoms with Crippen LogP contribution in [0.15, 0.2) is 63.7 Å². The van der Waals surface area contributed by atoms with Crippen LogP contribution in [0, 0.1) is 10.1 Å². The van der Waals surface area contributed by atoms with Gasteiger partial charge in [-0.05, 0) is 24.3 Å². The summed E-state index contributed by atoms with van der Waals surface area (Å²) in [6.45, 7) is 0. The fraction of sp³-hybridized carbons (Fsp3) is 0.0556. The number of pyridine rings is 1. The minimum absolute atomic E-state index is 0.00626. The summed E-state index contributed by atoms with van der Waals surface area (Å²) >= 11 is 2.36. The van der Waals surface area contributed by atoms with E-state index < -0.39 is 4.92 Å². The molecule has 0 aliphatic heterocycles. The van der Waals surface area contributed by atoms with Crippen molar-refractivity contribution in [3.8, 4) is 22.8 Å². The van der Waals surface area contributed by atoms with E-state index in [9.17, 15) is 14.9 Å². The molecule has 1 N–H and O–H groups in total. The van der Waals surface area contributed by atoms with Crippen molar-refractivity contribution in [3.63, 3.8) is 0 Å². The van der Waals surface area contributed by atoms with Crippen LogP contribution in [0.25, 0.3) is 22.8 Å². The van der Waals surface area contributed by atoms with Gasteiger partial charge in [0.2, 0.25) is 5.91 Å². The number of carbonyl (C=O) groups excluding carboxylic acids is 1. The van der Waals surface area contributed by atoms with Gasteiger partial charge in [0.15, 0.2) is 5.13 Å². The van der Waals surface area contributed by atoms with Gasteiger partial charge >= 0.3 is 0 Å². The molecule has 0 aliphatic carbocycles. The molecule has 30 heavy (non-hydrogen) atoms. The summed E-state index contributed by atoms with van der Waals surface area (Å²) in [5, 5.41) is 23.7. The second-order valence-corrected chi connectivity index (χ2v) is 7.55. The van der Waals surface area contributed by atoms with Crippen LogP contribution in [0.3, 0.4) is 0 Å². The number of amides is 1. The number of nitro groups is 1. The Balaban J connectivity index is 1.33. The van der Waals surface area contributed by atoms with Crippen molar-refractivity contribution in [3.05, 3.63) is 64.2 Å². The first kappa shape index (κ1) is 19.7. The molecule has 3 heterocycles. The molecular weight excluding hydrogens is 428 g/mol. The summed E-state index contributed by atoms with van der Waals surface area (Å²) in [4.78, 5) is 30.9. The summed E-state index contributed by atoms with van der Waals surface area (Å²) in [6.07, 6.45) is 1.62. The summed E-state index contributed by atoms with van der Waals surface area (Å²) in [5.74, 6) is 0.0735. The zero-order chi connectivity index (χ0) is 20.9. The highest BCUT2D eigenvalue weighted by Gasteiger charge is 2.14. The number of thiazole rings is 1. The third-order valence-electron chi connectivity index (χ3n) is 3.74. The van der Waals surface area contributed by atoms with Gasteiger partial charge in [0.1, 0.15) is 5.69 Å². The lowest BCUT2D eigenvalue weighted by Crippen LogP contribution is -2.13. The number of hydrogen-bond donors (Lipinski definition) is 1. The third kappa shape index (κ3) is 4.67. The second-order valence-electron chi connectivity index (χ2n) is 5.77. The van der Waals surface area contributed by atoms with Crippen LogP contribution >= 0.6 is 23.1 Å². The Morgan fingerprint density at radius 1 is 1.17 bits per heavy atom. The lowest BCUT2D eigenvalue weighted by molar-refractivity contribution is -0.384. The van der Waals surface area contributed by atoms with Gasteiger partial charge in [-0.1, -0.05) is 17.8 Å². The van der Waals surface area contributed by atoms with Crippen LogP contribution in [0.4, 0.5) is 10.8 Å². The molecule has 1 amide bonds. The highest BCUT2D eigenvalue weighted by atomic mass is 32.2. The Hall–Kier alpha value is -3.64. The van der Waals surface area contributed by atoms with Crippen molar-refractivity contribution in [1.82, 2.24) is 20.2 Å². The van der Waals surface area contributed by atoms with Crippen molar-refractivity contribution in [1.29, 1.82) is 0 Å². The Labute approximate surface area is 177 Å². The van der Waals surface area contributed by atoms with Crippen LogP contribution in [0.5, 0.6) is 0 Å². The highest BCUT2D eigenvalue weighted by Crippen LogP contribution is 2.27. The second kappa shape index (κ2) is 8.80. The first-order valence-electron chi connectivity index (χ1n) is 8.46. The molecule has 0 bridgehead atoms. The number of nitro benzene ring substituents is 1. The van der Waals surface area contributed by atoms with Gasteiger partial charge in [-0.25, -0.2) is 4.98 Å². The molecule has 0 aliphatic rings. The molecule has 0 unspecified atom stereocenters. The maximum Gasteiger partial charge on any atom is 0.277 e. The number of nitrogens with one attached hydrogen (secondary N) is 1. The van der Waals surface area contributed by atoms with E-state index in [2.05, 4.69) is 25.5 Å². The zero-order valence-electron chi connectivity index (χ0n) is 15.1. The van der Waals surface area contributed by atoms with Crippen LogP contribution in [-0.4, -0.2) is 36.7 Å². The van der Waals surface area contributed by atoms with Gasteiger partial charge in [0.25, 0.3) is 16.8 Å². The number of carbonyl (C=O) groups is 1. The van der Waals surface area contributed by atoms with Gasteiger partial charge in [-0.15, -0.1) is 21.5 Å². The average Bonchev–Trinajstić information content (AvgIpc) is 3.43. The van der Waals surface area contributed by atoms with Crippen molar-refractivity contribution >= 4 is 39.8 Å².